The van der Waals surface area contributed by atoms with E-state index in [9.17, 15) is 4.79 Å². The first-order chi connectivity index (χ1) is 8.70. The largest absolute Gasteiger partial charge is 0.450 e. The highest BCUT2D eigenvalue weighted by molar-refractivity contribution is 5.76. The van der Waals surface area contributed by atoms with Gasteiger partial charge in [0.05, 0.1) is 24.0 Å². The number of hydrogen-bond donors (Lipinski definition) is 1. The minimum atomic E-state index is -0.364. The van der Waals surface area contributed by atoms with Gasteiger partial charge in [-0.2, -0.15) is 0 Å². The Morgan fingerprint density at radius 3 is 3.11 bits per heavy atom. The zero-order valence-electron chi connectivity index (χ0n) is 10.6. The molecule has 1 N–H and O–H groups in total. The van der Waals surface area contributed by atoms with E-state index in [1.54, 1.807) is 13.3 Å². The van der Waals surface area contributed by atoms with E-state index in [0.29, 0.717) is 13.2 Å². The number of hydrogen-bond acceptors (Lipinski definition) is 3. The van der Waals surface area contributed by atoms with Gasteiger partial charge >= 0.3 is 6.09 Å². The molecule has 5 nitrogen and oxygen atoms in total. The van der Waals surface area contributed by atoms with Crippen molar-refractivity contribution in [2.24, 2.45) is 7.05 Å². The molecule has 1 aromatic heterocycles. The average Bonchev–Trinajstić information content (AvgIpc) is 2.71. The number of nitrogens with one attached hydrogen (secondary N) is 1. The molecule has 2 rings (SSSR count). The van der Waals surface area contributed by atoms with Crippen molar-refractivity contribution in [3.8, 4) is 0 Å². The van der Waals surface area contributed by atoms with E-state index < -0.39 is 0 Å². The molecule has 2 aromatic rings. The van der Waals surface area contributed by atoms with E-state index >= 15 is 0 Å². The van der Waals surface area contributed by atoms with Gasteiger partial charge < -0.3 is 14.6 Å². The Morgan fingerprint density at radius 1 is 1.50 bits per heavy atom. The summed E-state index contributed by atoms with van der Waals surface area (Å²) >= 11 is 0. The van der Waals surface area contributed by atoms with Crippen molar-refractivity contribution in [3.05, 3.63) is 30.1 Å². The molecule has 0 unspecified atom stereocenters. The van der Waals surface area contributed by atoms with Gasteiger partial charge in [-0.15, -0.1) is 0 Å². The first-order valence-electron chi connectivity index (χ1n) is 6.01. The van der Waals surface area contributed by atoms with E-state index in [4.69, 9.17) is 4.74 Å². The number of benzene rings is 1. The summed E-state index contributed by atoms with van der Waals surface area (Å²) in [7, 11) is 1.97. The minimum Gasteiger partial charge on any atom is -0.450 e. The predicted octanol–water partition coefficient (Wildman–Crippen LogP) is 1.86. The molecule has 0 saturated heterocycles. The van der Waals surface area contributed by atoms with E-state index in [0.717, 1.165) is 23.0 Å². The number of fused-ring (bicyclic) bond motifs is 1. The van der Waals surface area contributed by atoms with E-state index in [1.165, 1.54) is 0 Å². The third-order valence-electron chi connectivity index (χ3n) is 2.75. The fraction of sp³-hybridized carbons (Fsp3) is 0.385. The standard InChI is InChI=1S/C13H17N3O2/c1-3-18-13(17)14-7-6-10-4-5-12-11(8-10)15-9-16(12)2/h4-5,8-9H,3,6-7H2,1-2H3,(H,14,17). The maximum Gasteiger partial charge on any atom is 0.407 e. The predicted molar refractivity (Wildman–Crippen MR) is 69.4 cm³/mol. The van der Waals surface area contributed by atoms with Crippen LogP contribution in [0.4, 0.5) is 4.79 Å². The number of aryl methyl sites for hydroxylation is 1. The van der Waals surface area contributed by atoms with Crippen LogP contribution in [0.25, 0.3) is 11.0 Å². The Hall–Kier alpha value is -2.04. The van der Waals surface area contributed by atoms with Crippen LogP contribution in [-0.4, -0.2) is 28.8 Å². The van der Waals surface area contributed by atoms with Gasteiger partial charge in [-0.3, -0.25) is 0 Å². The molecule has 96 valence electrons. The van der Waals surface area contributed by atoms with Crippen molar-refractivity contribution in [2.45, 2.75) is 13.3 Å². The van der Waals surface area contributed by atoms with Gasteiger partial charge in [0.1, 0.15) is 0 Å². The lowest BCUT2D eigenvalue weighted by Gasteiger charge is -2.05. The number of alkyl carbamates (subject to hydrolysis) is 1. The summed E-state index contributed by atoms with van der Waals surface area (Å²) in [6.45, 7) is 2.75. The summed E-state index contributed by atoms with van der Waals surface area (Å²) in [5, 5.41) is 2.70. The summed E-state index contributed by atoms with van der Waals surface area (Å²) < 4.78 is 6.77. The van der Waals surface area contributed by atoms with Crippen LogP contribution in [0.5, 0.6) is 0 Å². The number of imidazole rings is 1. The summed E-state index contributed by atoms with van der Waals surface area (Å²) in [5.41, 5.74) is 3.24. The molecule has 0 fully saturated rings. The van der Waals surface area contributed by atoms with Crippen molar-refractivity contribution in [2.75, 3.05) is 13.2 Å². The molecule has 18 heavy (non-hydrogen) atoms. The second kappa shape index (κ2) is 5.53. The molecule has 1 amide bonds. The lowest BCUT2D eigenvalue weighted by atomic mass is 10.1. The Kier molecular flexibility index (Phi) is 3.82. The van der Waals surface area contributed by atoms with Crippen LogP contribution in [0.1, 0.15) is 12.5 Å². The van der Waals surface area contributed by atoms with Crippen molar-refractivity contribution in [1.82, 2.24) is 14.9 Å². The Balaban J connectivity index is 1.94. The molecular weight excluding hydrogens is 230 g/mol. The maximum atomic E-state index is 11.1. The molecular formula is C13H17N3O2. The lowest BCUT2D eigenvalue weighted by molar-refractivity contribution is 0.152. The van der Waals surface area contributed by atoms with Crippen molar-refractivity contribution in [1.29, 1.82) is 0 Å². The van der Waals surface area contributed by atoms with Crippen LogP contribution < -0.4 is 5.32 Å². The van der Waals surface area contributed by atoms with Crippen molar-refractivity contribution in [3.63, 3.8) is 0 Å². The van der Waals surface area contributed by atoms with Gasteiger partial charge in [0.25, 0.3) is 0 Å². The molecule has 1 aromatic carbocycles. The lowest BCUT2D eigenvalue weighted by Crippen LogP contribution is -2.26. The van der Waals surface area contributed by atoms with Gasteiger partial charge in [-0.05, 0) is 31.0 Å². The topological polar surface area (TPSA) is 56.1 Å². The smallest absolute Gasteiger partial charge is 0.407 e. The normalized spacial score (nSPS) is 10.6. The third kappa shape index (κ3) is 2.80. The molecule has 0 radical (unpaired) electrons. The number of aromatic nitrogens is 2. The molecule has 0 atom stereocenters. The summed E-state index contributed by atoms with van der Waals surface area (Å²) in [4.78, 5) is 15.4. The van der Waals surface area contributed by atoms with Gasteiger partial charge in [0.2, 0.25) is 0 Å². The van der Waals surface area contributed by atoms with Gasteiger partial charge in [0.15, 0.2) is 0 Å². The summed E-state index contributed by atoms with van der Waals surface area (Å²) in [6, 6.07) is 6.14. The molecule has 0 aliphatic rings. The SMILES string of the molecule is CCOC(=O)NCCc1ccc2c(c1)ncn2C. The molecule has 0 bridgehead atoms. The van der Waals surface area contributed by atoms with E-state index in [2.05, 4.69) is 16.4 Å². The molecule has 1 heterocycles. The number of carbonyl (C=O) groups excluding carboxylic acids is 1. The maximum absolute atomic E-state index is 11.1. The van der Waals surface area contributed by atoms with Gasteiger partial charge in [0, 0.05) is 13.6 Å². The molecule has 0 aliphatic heterocycles. The van der Waals surface area contributed by atoms with E-state index in [1.807, 2.05) is 23.7 Å². The van der Waals surface area contributed by atoms with Crippen LogP contribution in [0.3, 0.4) is 0 Å². The summed E-state index contributed by atoms with van der Waals surface area (Å²) in [6.07, 6.45) is 2.20. The first-order valence-corrected chi connectivity index (χ1v) is 6.01. The Bertz CT molecular complexity index is 548. The van der Waals surface area contributed by atoms with Crippen LogP contribution in [0.2, 0.25) is 0 Å². The summed E-state index contributed by atoms with van der Waals surface area (Å²) in [5.74, 6) is 0. The Labute approximate surface area is 106 Å². The fourth-order valence-corrected chi connectivity index (χ4v) is 1.83. The Morgan fingerprint density at radius 2 is 2.33 bits per heavy atom. The number of carbonyl (C=O) groups is 1. The second-order valence-electron chi connectivity index (χ2n) is 4.08. The van der Waals surface area contributed by atoms with E-state index in [-0.39, 0.29) is 6.09 Å². The molecule has 0 aliphatic carbocycles. The zero-order chi connectivity index (χ0) is 13.0. The molecule has 0 saturated carbocycles. The third-order valence-corrected chi connectivity index (χ3v) is 2.75. The van der Waals surface area contributed by atoms with Gasteiger partial charge in [-0.1, -0.05) is 6.07 Å². The first kappa shape index (κ1) is 12.4. The molecule has 5 heteroatoms. The van der Waals surface area contributed by atoms with Crippen molar-refractivity contribution < 1.29 is 9.53 Å². The van der Waals surface area contributed by atoms with Crippen LogP contribution >= 0.6 is 0 Å². The number of nitrogens with zero attached hydrogens (tertiary/aromatic N) is 2. The second-order valence-corrected chi connectivity index (χ2v) is 4.08. The van der Waals surface area contributed by atoms with Crippen molar-refractivity contribution >= 4 is 17.1 Å². The van der Waals surface area contributed by atoms with Crippen LogP contribution in [-0.2, 0) is 18.2 Å². The number of rotatable bonds is 4. The number of amides is 1. The molecule has 0 spiro atoms. The minimum absolute atomic E-state index is 0.364. The zero-order valence-corrected chi connectivity index (χ0v) is 10.6. The highest BCUT2D eigenvalue weighted by Crippen LogP contribution is 2.13. The van der Waals surface area contributed by atoms with Crippen LogP contribution in [0, 0.1) is 0 Å². The van der Waals surface area contributed by atoms with Crippen LogP contribution in [0.15, 0.2) is 24.5 Å². The average molecular weight is 247 g/mol. The monoisotopic (exact) mass is 247 g/mol. The van der Waals surface area contributed by atoms with Gasteiger partial charge in [-0.25, -0.2) is 9.78 Å². The fourth-order valence-electron chi connectivity index (χ4n) is 1.83. The highest BCUT2D eigenvalue weighted by Gasteiger charge is 2.02. The highest BCUT2D eigenvalue weighted by atomic mass is 16.5. The quantitative estimate of drug-likeness (QED) is 0.897. The number of ether oxygens (including phenoxy) is 1.